The fourth-order valence-electron chi connectivity index (χ4n) is 2.35. The minimum atomic E-state index is -0.664. The van der Waals surface area contributed by atoms with Crippen LogP contribution in [0.5, 0.6) is 0 Å². The Morgan fingerprint density at radius 2 is 1.18 bits per heavy atom. The van der Waals surface area contributed by atoms with Crippen molar-refractivity contribution in [1.29, 1.82) is 0 Å². The number of aliphatic carboxylic acids is 1. The maximum absolute atomic E-state index is 10.3. The van der Waals surface area contributed by atoms with Gasteiger partial charge in [-0.25, -0.2) is 0 Å². The van der Waals surface area contributed by atoms with Crippen LogP contribution < -0.4 is 0 Å². The van der Waals surface area contributed by atoms with E-state index in [1.165, 1.54) is 70.6 Å². The molecule has 128 valence electrons. The van der Waals surface area contributed by atoms with Gasteiger partial charge in [0.15, 0.2) is 0 Å². The first-order chi connectivity index (χ1) is 9.77. The molecule has 0 saturated carbocycles. The zero-order chi connectivity index (χ0) is 14.9. The van der Waals surface area contributed by atoms with Crippen molar-refractivity contribution in [3.63, 3.8) is 0 Å². The smallest absolute Gasteiger partial charge is 0.303 e. The standard InChI is InChI=1S/C18H34O2.Fe.Zn/c1-2-3-4-5-6-7-8-9-10-11-12-13-14-15-16-17-18(19)20;;/h9-10H,2-8,11-17H2,1H3,(H,19,20);;/b10-9-;;. The molecule has 22 heavy (non-hydrogen) atoms. The SMILES string of the molecule is CCCCCCCC/C=C\CCCCCCCC(=O)O.[Fe].[Zn]. The molecule has 0 aliphatic carbocycles. The summed E-state index contributed by atoms with van der Waals surface area (Å²) < 4.78 is 0. The Kier molecular flexibility index (Phi) is 29.2. The largest absolute Gasteiger partial charge is 0.481 e. The van der Waals surface area contributed by atoms with Gasteiger partial charge in [0.05, 0.1) is 0 Å². The van der Waals surface area contributed by atoms with Crippen LogP contribution in [0.4, 0.5) is 0 Å². The van der Waals surface area contributed by atoms with Crippen LogP contribution in [0, 0.1) is 0 Å². The maximum Gasteiger partial charge on any atom is 0.303 e. The van der Waals surface area contributed by atoms with Crippen molar-refractivity contribution >= 4 is 5.97 Å². The van der Waals surface area contributed by atoms with Crippen molar-refractivity contribution in [3.8, 4) is 0 Å². The van der Waals surface area contributed by atoms with Gasteiger partial charge in [0.25, 0.3) is 0 Å². The Balaban J connectivity index is -0.00000180. The van der Waals surface area contributed by atoms with Crippen molar-refractivity contribution in [1.82, 2.24) is 0 Å². The van der Waals surface area contributed by atoms with E-state index in [1.54, 1.807) is 0 Å². The van der Waals surface area contributed by atoms with Gasteiger partial charge in [-0.05, 0) is 32.1 Å². The number of rotatable bonds is 15. The van der Waals surface area contributed by atoms with E-state index in [9.17, 15) is 4.79 Å². The molecule has 0 unspecified atom stereocenters. The molecule has 2 nitrogen and oxygen atoms in total. The molecule has 0 amide bonds. The predicted octanol–water partition coefficient (Wildman–Crippen LogP) is 6.10. The van der Waals surface area contributed by atoms with Crippen LogP contribution in [-0.2, 0) is 41.3 Å². The number of carboxylic acid groups (broad SMARTS) is 1. The van der Waals surface area contributed by atoms with Crippen molar-refractivity contribution < 1.29 is 46.4 Å². The summed E-state index contributed by atoms with van der Waals surface area (Å²) in [5.41, 5.74) is 0. The van der Waals surface area contributed by atoms with E-state index in [0.29, 0.717) is 6.42 Å². The Labute approximate surface area is 161 Å². The number of carboxylic acids is 1. The van der Waals surface area contributed by atoms with E-state index >= 15 is 0 Å². The molecule has 0 fully saturated rings. The molecule has 0 heterocycles. The number of allylic oxidation sites excluding steroid dienone is 2. The molecule has 0 spiro atoms. The van der Waals surface area contributed by atoms with E-state index in [4.69, 9.17) is 5.11 Å². The number of hydrogen-bond donors (Lipinski definition) is 1. The molecule has 0 rings (SSSR count). The van der Waals surface area contributed by atoms with Gasteiger partial charge in [-0.1, -0.05) is 70.4 Å². The van der Waals surface area contributed by atoms with Crippen LogP contribution in [0.1, 0.15) is 96.8 Å². The molecule has 0 aromatic heterocycles. The van der Waals surface area contributed by atoms with Gasteiger partial charge in [-0.15, -0.1) is 0 Å². The Hall–Kier alpha value is 0.353. The third kappa shape index (κ3) is 25.3. The first-order valence-electron chi connectivity index (χ1n) is 8.64. The molecule has 0 saturated heterocycles. The monoisotopic (exact) mass is 402 g/mol. The Bertz CT molecular complexity index is 245. The zero-order valence-electron chi connectivity index (χ0n) is 14.5. The molecule has 0 bridgehead atoms. The quantitative estimate of drug-likeness (QED) is 0.204. The fraction of sp³-hybridized carbons (Fsp3) is 0.833. The summed E-state index contributed by atoms with van der Waals surface area (Å²) in [7, 11) is 0. The molecular weight excluding hydrogens is 369 g/mol. The summed E-state index contributed by atoms with van der Waals surface area (Å²) in [6.45, 7) is 2.26. The first kappa shape index (κ1) is 27.2. The Morgan fingerprint density at radius 1 is 0.773 bits per heavy atom. The second-order valence-corrected chi connectivity index (χ2v) is 5.73. The van der Waals surface area contributed by atoms with Gasteiger partial charge >= 0.3 is 5.97 Å². The minimum absolute atomic E-state index is 0. The number of carbonyl (C=O) groups is 1. The van der Waals surface area contributed by atoms with Crippen molar-refractivity contribution in [2.75, 3.05) is 0 Å². The summed E-state index contributed by atoms with van der Waals surface area (Å²) >= 11 is 0. The third-order valence-corrected chi connectivity index (χ3v) is 3.65. The van der Waals surface area contributed by atoms with Gasteiger partial charge in [-0.3, -0.25) is 4.79 Å². The van der Waals surface area contributed by atoms with E-state index in [2.05, 4.69) is 19.1 Å². The van der Waals surface area contributed by atoms with Crippen LogP contribution in [0.3, 0.4) is 0 Å². The molecule has 1 N–H and O–H groups in total. The summed E-state index contributed by atoms with van der Waals surface area (Å²) in [6.07, 6.45) is 21.2. The second kappa shape index (κ2) is 23.6. The van der Waals surface area contributed by atoms with Crippen LogP contribution in [0.25, 0.3) is 0 Å². The van der Waals surface area contributed by atoms with Crippen LogP contribution in [-0.4, -0.2) is 11.1 Å². The number of hydrogen-bond acceptors (Lipinski definition) is 1. The molecular formula is C18H34FeO2Zn. The van der Waals surface area contributed by atoms with Gasteiger partial charge < -0.3 is 5.11 Å². The topological polar surface area (TPSA) is 37.3 Å². The van der Waals surface area contributed by atoms with Gasteiger partial charge in [0.2, 0.25) is 0 Å². The summed E-state index contributed by atoms with van der Waals surface area (Å²) in [6, 6.07) is 0. The fourth-order valence-corrected chi connectivity index (χ4v) is 2.35. The van der Waals surface area contributed by atoms with Crippen LogP contribution >= 0.6 is 0 Å². The van der Waals surface area contributed by atoms with Crippen LogP contribution in [0.2, 0.25) is 0 Å². The average Bonchev–Trinajstić information content (AvgIpc) is 2.43. The number of unbranched alkanes of at least 4 members (excludes halogenated alkanes) is 11. The first-order valence-corrected chi connectivity index (χ1v) is 8.64. The average molecular weight is 404 g/mol. The Morgan fingerprint density at radius 3 is 1.64 bits per heavy atom. The normalized spacial score (nSPS) is 10.2. The summed E-state index contributed by atoms with van der Waals surface area (Å²) in [5, 5.41) is 8.51. The van der Waals surface area contributed by atoms with Crippen molar-refractivity contribution in [3.05, 3.63) is 12.2 Å². The van der Waals surface area contributed by atoms with Crippen LogP contribution in [0.15, 0.2) is 12.2 Å². The zero-order valence-corrected chi connectivity index (χ0v) is 18.5. The van der Waals surface area contributed by atoms with E-state index in [-0.39, 0.29) is 36.5 Å². The minimum Gasteiger partial charge on any atom is -0.481 e. The molecule has 4 heteroatoms. The molecule has 0 aliphatic rings. The third-order valence-electron chi connectivity index (χ3n) is 3.65. The molecule has 0 atom stereocenters. The molecule has 0 aliphatic heterocycles. The molecule has 0 aromatic rings. The van der Waals surface area contributed by atoms with Crippen molar-refractivity contribution in [2.24, 2.45) is 0 Å². The summed E-state index contributed by atoms with van der Waals surface area (Å²) in [5.74, 6) is -0.664. The van der Waals surface area contributed by atoms with Gasteiger partial charge in [0, 0.05) is 43.0 Å². The van der Waals surface area contributed by atoms with Gasteiger partial charge in [0.1, 0.15) is 0 Å². The van der Waals surface area contributed by atoms with Crippen molar-refractivity contribution in [2.45, 2.75) is 96.8 Å². The van der Waals surface area contributed by atoms with E-state index < -0.39 is 5.97 Å². The maximum atomic E-state index is 10.3. The second-order valence-electron chi connectivity index (χ2n) is 5.73. The molecule has 0 radical (unpaired) electrons. The summed E-state index contributed by atoms with van der Waals surface area (Å²) in [4.78, 5) is 10.3. The van der Waals surface area contributed by atoms with E-state index in [0.717, 1.165) is 12.8 Å². The van der Waals surface area contributed by atoms with E-state index in [1.807, 2.05) is 0 Å². The molecule has 0 aromatic carbocycles. The van der Waals surface area contributed by atoms with Gasteiger partial charge in [-0.2, -0.15) is 0 Å². The predicted molar refractivity (Wildman–Crippen MR) is 87.1 cm³/mol.